The van der Waals surface area contributed by atoms with Crippen LogP contribution < -0.4 is 15.4 Å². The quantitative estimate of drug-likeness (QED) is 0.302. The standard InChI is InChI=1S/C21H32ClN5O.HI/c1-7-23-21(24-13-15(3)28-20-11-9-8-10-19(20)22)25-14(2)12-18-16(4)26-27(6)17(18)5;/h8-11,14-15H,7,12-13H2,1-6H3,(H2,23,24,25);1H. The Morgan fingerprint density at radius 3 is 2.55 bits per heavy atom. The molecule has 0 radical (unpaired) electrons. The molecule has 2 aromatic rings. The van der Waals surface area contributed by atoms with Crippen LogP contribution in [-0.4, -0.2) is 41.0 Å². The van der Waals surface area contributed by atoms with E-state index in [1.807, 2.05) is 42.9 Å². The number of halogens is 2. The predicted octanol–water partition coefficient (Wildman–Crippen LogP) is 4.26. The van der Waals surface area contributed by atoms with Crippen molar-refractivity contribution < 1.29 is 4.74 Å². The first-order chi connectivity index (χ1) is 13.3. The predicted molar refractivity (Wildman–Crippen MR) is 132 cm³/mol. The number of aromatic nitrogens is 2. The number of benzene rings is 1. The highest BCUT2D eigenvalue weighted by atomic mass is 127. The van der Waals surface area contributed by atoms with Gasteiger partial charge < -0.3 is 15.4 Å². The van der Waals surface area contributed by atoms with Crippen LogP contribution in [0.25, 0.3) is 0 Å². The molecule has 2 unspecified atom stereocenters. The van der Waals surface area contributed by atoms with Crippen molar-refractivity contribution in [3.63, 3.8) is 0 Å². The highest BCUT2D eigenvalue weighted by molar-refractivity contribution is 14.0. The van der Waals surface area contributed by atoms with Crippen LogP contribution in [0.5, 0.6) is 5.75 Å². The average Bonchev–Trinajstić information content (AvgIpc) is 2.88. The van der Waals surface area contributed by atoms with Crippen LogP contribution in [-0.2, 0) is 13.5 Å². The summed E-state index contributed by atoms with van der Waals surface area (Å²) in [4.78, 5) is 4.68. The minimum absolute atomic E-state index is 0. The zero-order valence-corrected chi connectivity index (χ0v) is 21.2. The first kappa shape index (κ1) is 25.6. The zero-order chi connectivity index (χ0) is 20.7. The number of nitrogens with zero attached hydrogens (tertiary/aromatic N) is 3. The van der Waals surface area contributed by atoms with Gasteiger partial charge in [0.2, 0.25) is 0 Å². The lowest BCUT2D eigenvalue weighted by molar-refractivity contribution is 0.230. The molecule has 2 atom stereocenters. The van der Waals surface area contributed by atoms with Crippen molar-refractivity contribution in [1.29, 1.82) is 0 Å². The van der Waals surface area contributed by atoms with E-state index in [0.717, 1.165) is 24.6 Å². The number of guanidine groups is 1. The number of aliphatic imine (C=N–C) groups is 1. The Morgan fingerprint density at radius 1 is 1.28 bits per heavy atom. The normalized spacial score (nSPS) is 13.4. The second-order valence-electron chi connectivity index (χ2n) is 7.10. The Labute approximate surface area is 196 Å². The number of rotatable bonds is 8. The zero-order valence-electron chi connectivity index (χ0n) is 18.1. The first-order valence-corrected chi connectivity index (χ1v) is 10.1. The molecule has 0 aliphatic heterocycles. The molecule has 0 amide bonds. The molecule has 1 heterocycles. The molecule has 0 saturated heterocycles. The van der Waals surface area contributed by atoms with Gasteiger partial charge in [0, 0.05) is 25.3 Å². The summed E-state index contributed by atoms with van der Waals surface area (Å²) in [5, 5.41) is 11.9. The number of ether oxygens (including phenoxy) is 1. The van der Waals surface area contributed by atoms with Gasteiger partial charge in [-0.05, 0) is 58.7 Å². The summed E-state index contributed by atoms with van der Waals surface area (Å²) >= 11 is 6.16. The molecule has 0 aliphatic carbocycles. The third kappa shape index (κ3) is 7.70. The lowest BCUT2D eigenvalue weighted by atomic mass is 10.1. The van der Waals surface area contributed by atoms with Crippen LogP contribution in [0.3, 0.4) is 0 Å². The second-order valence-corrected chi connectivity index (χ2v) is 7.51. The van der Waals surface area contributed by atoms with Crippen LogP contribution in [0, 0.1) is 13.8 Å². The summed E-state index contributed by atoms with van der Waals surface area (Å²) < 4.78 is 7.84. The summed E-state index contributed by atoms with van der Waals surface area (Å²) in [7, 11) is 1.98. The second kappa shape index (κ2) is 12.3. The lowest BCUT2D eigenvalue weighted by Gasteiger charge is -2.19. The minimum Gasteiger partial charge on any atom is -0.487 e. The Balaban J connectivity index is 0.00000420. The Morgan fingerprint density at radius 2 is 1.97 bits per heavy atom. The Kier molecular flexibility index (Phi) is 10.8. The number of aryl methyl sites for hydroxylation is 2. The van der Waals surface area contributed by atoms with Gasteiger partial charge in [0.05, 0.1) is 17.3 Å². The summed E-state index contributed by atoms with van der Waals surface area (Å²) in [5.41, 5.74) is 3.57. The fraction of sp³-hybridized carbons (Fsp3) is 0.524. The van der Waals surface area contributed by atoms with E-state index < -0.39 is 0 Å². The van der Waals surface area contributed by atoms with E-state index in [2.05, 4.69) is 48.4 Å². The molecular weight excluding hydrogens is 501 g/mol. The van der Waals surface area contributed by atoms with E-state index >= 15 is 0 Å². The summed E-state index contributed by atoms with van der Waals surface area (Å²) in [6.45, 7) is 11.7. The topological polar surface area (TPSA) is 63.5 Å². The molecule has 0 spiro atoms. The highest BCUT2D eigenvalue weighted by Crippen LogP contribution is 2.24. The van der Waals surface area contributed by atoms with Gasteiger partial charge >= 0.3 is 0 Å². The maximum Gasteiger partial charge on any atom is 0.191 e. The van der Waals surface area contributed by atoms with Crippen molar-refractivity contribution in [2.75, 3.05) is 13.1 Å². The minimum atomic E-state index is -0.0894. The molecule has 29 heavy (non-hydrogen) atoms. The van der Waals surface area contributed by atoms with Crippen LogP contribution in [0.2, 0.25) is 5.02 Å². The van der Waals surface area contributed by atoms with Crippen molar-refractivity contribution >= 4 is 41.5 Å². The van der Waals surface area contributed by atoms with Crippen LogP contribution in [0.4, 0.5) is 0 Å². The molecule has 6 nitrogen and oxygen atoms in total. The average molecular weight is 534 g/mol. The van der Waals surface area contributed by atoms with Crippen molar-refractivity contribution in [2.45, 2.75) is 53.2 Å². The molecule has 1 aromatic carbocycles. The summed E-state index contributed by atoms with van der Waals surface area (Å²) in [6, 6.07) is 7.71. The summed E-state index contributed by atoms with van der Waals surface area (Å²) in [6.07, 6.45) is 0.801. The molecule has 0 bridgehead atoms. The van der Waals surface area contributed by atoms with Gasteiger partial charge in [0.25, 0.3) is 0 Å². The molecule has 2 N–H and O–H groups in total. The summed E-state index contributed by atoms with van der Waals surface area (Å²) in [5.74, 6) is 1.46. The van der Waals surface area contributed by atoms with Crippen molar-refractivity contribution in [2.24, 2.45) is 12.0 Å². The lowest BCUT2D eigenvalue weighted by Crippen LogP contribution is -2.43. The fourth-order valence-corrected chi connectivity index (χ4v) is 3.22. The van der Waals surface area contributed by atoms with Crippen LogP contribution in [0.1, 0.15) is 37.7 Å². The van der Waals surface area contributed by atoms with Gasteiger partial charge in [-0.2, -0.15) is 5.10 Å². The molecule has 8 heteroatoms. The monoisotopic (exact) mass is 533 g/mol. The van der Waals surface area contributed by atoms with Gasteiger partial charge in [-0.3, -0.25) is 4.68 Å². The molecule has 0 saturated carbocycles. The van der Waals surface area contributed by atoms with Gasteiger partial charge in [0.1, 0.15) is 11.9 Å². The number of nitrogens with one attached hydrogen (secondary N) is 2. The van der Waals surface area contributed by atoms with E-state index in [4.69, 9.17) is 16.3 Å². The maximum atomic E-state index is 6.16. The van der Waals surface area contributed by atoms with Crippen LogP contribution in [0.15, 0.2) is 29.3 Å². The molecule has 0 fully saturated rings. The van der Waals surface area contributed by atoms with Crippen molar-refractivity contribution in [3.05, 3.63) is 46.2 Å². The van der Waals surface area contributed by atoms with Gasteiger partial charge in [-0.1, -0.05) is 23.7 Å². The van der Waals surface area contributed by atoms with Crippen molar-refractivity contribution in [1.82, 2.24) is 20.4 Å². The molecule has 2 rings (SSSR count). The van der Waals surface area contributed by atoms with E-state index in [1.165, 1.54) is 11.3 Å². The molecule has 162 valence electrons. The largest absolute Gasteiger partial charge is 0.487 e. The van der Waals surface area contributed by atoms with Gasteiger partial charge in [0.15, 0.2) is 5.96 Å². The third-order valence-electron chi connectivity index (χ3n) is 4.57. The third-order valence-corrected chi connectivity index (χ3v) is 4.88. The SMILES string of the molecule is CCNC(=NCC(C)Oc1ccccc1Cl)NC(C)Cc1c(C)nn(C)c1C.I. The first-order valence-electron chi connectivity index (χ1n) is 9.76. The molecule has 1 aromatic heterocycles. The molecular formula is C21H33ClIN5O. The Bertz CT molecular complexity index is 808. The Hall–Kier alpha value is -1.48. The van der Waals surface area contributed by atoms with E-state index in [0.29, 0.717) is 17.3 Å². The van der Waals surface area contributed by atoms with Crippen molar-refractivity contribution in [3.8, 4) is 5.75 Å². The van der Waals surface area contributed by atoms with Gasteiger partial charge in [-0.15, -0.1) is 24.0 Å². The molecule has 0 aliphatic rings. The number of hydrogen-bond donors (Lipinski definition) is 2. The van der Waals surface area contributed by atoms with Gasteiger partial charge in [-0.25, -0.2) is 4.99 Å². The van der Waals surface area contributed by atoms with E-state index in [-0.39, 0.29) is 36.1 Å². The van der Waals surface area contributed by atoms with E-state index in [1.54, 1.807) is 0 Å². The highest BCUT2D eigenvalue weighted by Gasteiger charge is 2.14. The smallest absolute Gasteiger partial charge is 0.191 e. The number of para-hydroxylation sites is 1. The van der Waals surface area contributed by atoms with Crippen LogP contribution >= 0.6 is 35.6 Å². The number of hydrogen-bond acceptors (Lipinski definition) is 3. The van der Waals surface area contributed by atoms with E-state index in [9.17, 15) is 0 Å². The maximum absolute atomic E-state index is 6.16. The fourth-order valence-electron chi connectivity index (χ4n) is 3.04.